The van der Waals surface area contributed by atoms with E-state index in [1.54, 1.807) is 0 Å². The fourth-order valence-electron chi connectivity index (χ4n) is 7.45. The lowest BCUT2D eigenvalue weighted by Crippen LogP contribution is -2.53. The molecule has 254 valence electrons. The van der Waals surface area contributed by atoms with Gasteiger partial charge in [-0.05, 0) is 98.2 Å². The monoisotopic (exact) mass is 672 g/mol. The van der Waals surface area contributed by atoms with E-state index >= 15 is 0 Å². The van der Waals surface area contributed by atoms with Gasteiger partial charge >= 0.3 is 0 Å². The smallest absolute Gasteiger partial charge is 0.267 e. The van der Waals surface area contributed by atoms with E-state index in [1.807, 2.05) is 0 Å². The molecule has 0 amide bonds. The van der Waals surface area contributed by atoms with Crippen LogP contribution in [0.1, 0.15) is 52.7 Å². The van der Waals surface area contributed by atoms with Gasteiger partial charge in [-0.1, -0.05) is 156 Å². The number of hydrogen-bond acceptors (Lipinski definition) is 1. The van der Waals surface area contributed by atoms with Crippen LogP contribution in [-0.4, -0.2) is 16.7 Å². The van der Waals surface area contributed by atoms with E-state index in [4.69, 9.17) is 4.98 Å². The lowest BCUT2D eigenvalue weighted by molar-refractivity contribution is 0.590. The molecule has 8 rings (SSSR count). The number of fused-ring (bicyclic) bond motifs is 3. The normalized spacial score (nSPS) is 12.0. The van der Waals surface area contributed by atoms with Crippen molar-refractivity contribution in [3.8, 4) is 33.5 Å². The highest BCUT2D eigenvalue weighted by atomic mass is 14.7. The number of nitrogens with zero attached hydrogens (tertiary/aromatic N) is 1. The zero-order valence-corrected chi connectivity index (χ0v) is 31.0. The van der Waals surface area contributed by atoms with Crippen LogP contribution in [0.4, 0.5) is 0 Å². The molecule has 0 saturated carbocycles. The van der Waals surface area contributed by atoms with E-state index in [-0.39, 0.29) is 17.5 Å². The molecule has 52 heavy (non-hydrogen) atoms. The minimum atomic E-state index is -0.0907. The van der Waals surface area contributed by atoms with E-state index in [2.05, 4.69) is 204 Å². The van der Waals surface area contributed by atoms with Gasteiger partial charge in [0.1, 0.15) is 0 Å². The van der Waals surface area contributed by atoms with Crippen LogP contribution in [0, 0.1) is 0 Å². The summed E-state index contributed by atoms with van der Waals surface area (Å²) in [5.41, 5.74) is 15.3. The number of rotatable bonds is 6. The first-order valence-corrected chi connectivity index (χ1v) is 18.4. The predicted octanol–water partition coefficient (Wildman–Crippen LogP) is 10.8. The number of benzene rings is 6. The van der Waals surface area contributed by atoms with Crippen LogP contribution in [0.2, 0.25) is 0 Å². The average molecular weight is 673 g/mol. The third-order valence-electron chi connectivity index (χ3n) is 10.4. The summed E-state index contributed by atoms with van der Waals surface area (Å²) in [6.07, 6.45) is 0. The van der Waals surface area contributed by atoms with Gasteiger partial charge < -0.3 is 4.98 Å². The third-order valence-corrected chi connectivity index (χ3v) is 10.4. The lowest BCUT2D eigenvalue weighted by atomic mass is 9.38. The molecule has 0 atom stereocenters. The quantitative estimate of drug-likeness (QED) is 0.175. The van der Waals surface area contributed by atoms with Crippen LogP contribution in [0.15, 0.2) is 158 Å². The highest BCUT2D eigenvalue weighted by Gasteiger charge is 2.29. The summed E-state index contributed by atoms with van der Waals surface area (Å²) in [5, 5.41) is 2.54. The maximum absolute atomic E-state index is 5.55. The van der Waals surface area contributed by atoms with E-state index in [0.717, 1.165) is 22.4 Å². The summed E-state index contributed by atoms with van der Waals surface area (Å²) in [7, 11) is 0. The number of H-pyrrole nitrogens is 1. The first kappa shape index (κ1) is 33.5. The van der Waals surface area contributed by atoms with Gasteiger partial charge in [0.2, 0.25) is 0 Å². The number of nitrogens with one attached hydrogen (secondary N) is 1. The summed E-state index contributed by atoms with van der Waals surface area (Å²) in [6.45, 7) is 13.7. The van der Waals surface area contributed by atoms with Crippen molar-refractivity contribution in [3.05, 3.63) is 169 Å². The highest BCUT2D eigenvalue weighted by Crippen LogP contribution is 2.35. The molecule has 6 aromatic carbocycles. The van der Waals surface area contributed by atoms with E-state index < -0.39 is 0 Å². The lowest BCUT2D eigenvalue weighted by Gasteiger charge is -2.23. The number of hydrogen-bond donors (Lipinski definition) is 1. The van der Waals surface area contributed by atoms with Gasteiger partial charge in [0, 0.05) is 33.0 Å². The highest BCUT2D eigenvalue weighted by molar-refractivity contribution is 6.96. The third kappa shape index (κ3) is 6.48. The molecule has 0 fully saturated rings. The molecule has 0 radical (unpaired) electrons. The Kier molecular flexibility index (Phi) is 8.46. The number of pyridine rings is 1. The van der Waals surface area contributed by atoms with Gasteiger partial charge in [0.25, 0.3) is 6.71 Å². The van der Waals surface area contributed by atoms with E-state index in [0.29, 0.717) is 0 Å². The molecule has 1 N–H and O–H groups in total. The molecule has 8 aromatic rings. The minimum Gasteiger partial charge on any atom is -0.355 e. The van der Waals surface area contributed by atoms with Crippen LogP contribution < -0.4 is 16.5 Å². The van der Waals surface area contributed by atoms with Crippen molar-refractivity contribution in [2.45, 2.75) is 52.4 Å². The Morgan fingerprint density at radius 3 is 1.62 bits per heavy atom. The van der Waals surface area contributed by atoms with Crippen LogP contribution in [0.5, 0.6) is 0 Å². The minimum absolute atomic E-state index is 0.0452. The SMILES string of the molecule is CC(C)(C)c1ccc2[nH]c3c(B(c4ccccc4)c4cccc(-c5cc(-c6ccccc6)cc(-c6ccccc6)c5)n4)cc(C(C)(C)C)cc3c2c1. The van der Waals surface area contributed by atoms with Gasteiger partial charge in [0.05, 0.1) is 5.69 Å². The molecule has 0 aliphatic carbocycles. The second kappa shape index (κ2) is 13.1. The van der Waals surface area contributed by atoms with Crippen LogP contribution in [0.25, 0.3) is 55.3 Å². The predicted molar refractivity (Wildman–Crippen MR) is 225 cm³/mol. The summed E-state index contributed by atoms with van der Waals surface area (Å²) >= 11 is 0. The van der Waals surface area contributed by atoms with Crippen molar-refractivity contribution >= 4 is 45.0 Å². The summed E-state index contributed by atoms with van der Waals surface area (Å²) in [6, 6.07) is 57.4. The first-order chi connectivity index (χ1) is 25.0. The van der Waals surface area contributed by atoms with Crippen molar-refractivity contribution < 1.29 is 0 Å². The van der Waals surface area contributed by atoms with Gasteiger partial charge in [-0.3, -0.25) is 4.98 Å². The Hall–Kier alpha value is -5.67. The number of aromatic amines is 1. The molecular weight excluding hydrogens is 627 g/mol. The van der Waals surface area contributed by atoms with Gasteiger partial charge in [-0.25, -0.2) is 0 Å². The van der Waals surface area contributed by atoms with Crippen molar-refractivity contribution in [2.24, 2.45) is 0 Å². The standard InChI is InChI=1S/C49H45BN2/c1-48(2,3)38-25-26-45-41(30-38)42-31-39(49(4,5)6)32-43(47(42)52-45)50(40-21-14-9-15-22-40)46-24-16-23-44(51-46)37-28-35(33-17-10-7-11-18-33)27-36(29-37)34-19-12-8-13-20-34/h7-32,52H,1-6H3. The second-order valence-electron chi connectivity index (χ2n) is 16.2. The molecule has 2 heterocycles. The summed E-state index contributed by atoms with van der Waals surface area (Å²) in [5.74, 6) is 0. The van der Waals surface area contributed by atoms with Crippen molar-refractivity contribution in [1.82, 2.24) is 9.97 Å². The van der Waals surface area contributed by atoms with Crippen molar-refractivity contribution in [2.75, 3.05) is 0 Å². The molecule has 0 bridgehead atoms. The molecule has 0 saturated heterocycles. The molecular formula is C49H45BN2. The average Bonchev–Trinajstić information content (AvgIpc) is 3.54. The molecule has 3 heteroatoms. The summed E-state index contributed by atoms with van der Waals surface area (Å²) < 4.78 is 0. The summed E-state index contributed by atoms with van der Waals surface area (Å²) in [4.78, 5) is 9.44. The second-order valence-corrected chi connectivity index (χ2v) is 16.2. The maximum atomic E-state index is 5.55. The van der Waals surface area contributed by atoms with Crippen LogP contribution in [-0.2, 0) is 10.8 Å². The molecule has 0 unspecified atom stereocenters. The largest absolute Gasteiger partial charge is 0.355 e. The Balaban J connectivity index is 1.36. The zero-order valence-electron chi connectivity index (χ0n) is 31.0. The van der Waals surface area contributed by atoms with Crippen LogP contribution >= 0.6 is 0 Å². The fourth-order valence-corrected chi connectivity index (χ4v) is 7.45. The molecule has 2 nitrogen and oxygen atoms in total. The van der Waals surface area contributed by atoms with E-state index in [1.165, 1.54) is 60.6 Å². The molecule has 2 aromatic heterocycles. The Bertz CT molecular complexity index is 2460. The van der Waals surface area contributed by atoms with Crippen LogP contribution in [0.3, 0.4) is 0 Å². The molecule has 0 spiro atoms. The topological polar surface area (TPSA) is 28.7 Å². The van der Waals surface area contributed by atoms with Gasteiger partial charge in [-0.2, -0.15) is 0 Å². The first-order valence-electron chi connectivity index (χ1n) is 18.4. The Morgan fingerprint density at radius 1 is 0.462 bits per heavy atom. The van der Waals surface area contributed by atoms with Gasteiger partial charge in [-0.15, -0.1) is 0 Å². The van der Waals surface area contributed by atoms with Crippen molar-refractivity contribution in [1.29, 1.82) is 0 Å². The van der Waals surface area contributed by atoms with E-state index in [9.17, 15) is 0 Å². The maximum Gasteiger partial charge on any atom is 0.267 e. The Morgan fingerprint density at radius 2 is 1.02 bits per heavy atom. The fraction of sp³-hybridized carbons (Fsp3) is 0.163. The Labute approximate surface area is 308 Å². The molecule has 0 aliphatic rings. The molecule has 0 aliphatic heterocycles. The number of aromatic nitrogens is 2. The van der Waals surface area contributed by atoms with Gasteiger partial charge in [0.15, 0.2) is 0 Å². The van der Waals surface area contributed by atoms with Crippen molar-refractivity contribution in [3.63, 3.8) is 0 Å². The zero-order chi connectivity index (χ0) is 36.0.